The highest BCUT2D eigenvalue weighted by Crippen LogP contribution is 2.27. The van der Waals surface area contributed by atoms with Crippen LogP contribution >= 0.6 is 0 Å². The van der Waals surface area contributed by atoms with Crippen molar-refractivity contribution in [2.45, 2.75) is 34.6 Å². The molecular weight excluding hydrogens is 482 g/mol. The first-order valence-corrected chi connectivity index (χ1v) is 12.8. The van der Waals surface area contributed by atoms with Crippen LogP contribution in [-0.4, -0.2) is 30.1 Å². The van der Waals surface area contributed by atoms with Crippen LogP contribution in [-0.2, 0) is 0 Å². The third-order valence-corrected chi connectivity index (χ3v) is 6.48. The molecule has 0 saturated heterocycles. The summed E-state index contributed by atoms with van der Waals surface area (Å²) in [5.41, 5.74) is 7.85. The zero-order chi connectivity index (χ0) is 28.2. The molecule has 0 fully saturated rings. The second-order valence-corrected chi connectivity index (χ2v) is 10.1. The molecule has 0 aromatic carbocycles. The van der Waals surface area contributed by atoms with E-state index in [1.54, 1.807) is 24.7 Å². The van der Waals surface area contributed by atoms with Crippen LogP contribution in [0.2, 0.25) is 0 Å². The third kappa shape index (κ3) is 5.88. The Morgan fingerprint density at radius 1 is 1.03 bits per heavy atom. The summed E-state index contributed by atoms with van der Waals surface area (Å²) in [6.45, 7) is 22.7. The van der Waals surface area contributed by atoms with E-state index in [9.17, 15) is 0 Å². The molecule has 0 aliphatic carbocycles. The fraction of sp³-hybridized carbons (Fsp3) is 0.188. The Labute approximate surface area is 229 Å². The van der Waals surface area contributed by atoms with Crippen molar-refractivity contribution in [1.82, 2.24) is 35.5 Å². The van der Waals surface area contributed by atoms with Crippen LogP contribution in [0.25, 0.3) is 46.5 Å². The van der Waals surface area contributed by atoms with E-state index in [2.05, 4.69) is 95.3 Å². The first-order chi connectivity index (χ1) is 18.7. The highest BCUT2D eigenvalue weighted by atomic mass is 15.1. The molecule has 4 aromatic rings. The van der Waals surface area contributed by atoms with Crippen molar-refractivity contribution in [3.05, 3.63) is 107 Å². The zero-order valence-corrected chi connectivity index (χ0v) is 23.3. The maximum Gasteiger partial charge on any atom is 0.178 e. The first kappa shape index (κ1) is 27.3. The second kappa shape index (κ2) is 11.3. The topological polar surface area (TPSA) is 95.2 Å². The molecule has 0 aliphatic heterocycles. The number of fused-ring (bicyclic) bond motifs is 1. The van der Waals surface area contributed by atoms with Crippen LogP contribution in [0.4, 0.5) is 0 Å². The van der Waals surface area contributed by atoms with E-state index in [4.69, 9.17) is 4.98 Å². The van der Waals surface area contributed by atoms with Crippen LogP contribution in [0, 0.1) is 5.41 Å². The van der Waals surface area contributed by atoms with Crippen LogP contribution in [0.15, 0.2) is 96.8 Å². The summed E-state index contributed by atoms with van der Waals surface area (Å²) in [5, 5.41) is 12.5. The lowest BCUT2D eigenvalue weighted by Gasteiger charge is -2.24. The van der Waals surface area contributed by atoms with E-state index in [1.807, 2.05) is 32.0 Å². The van der Waals surface area contributed by atoms with Gasteiger partial charge in [0.15, 0.2) is 11.5 Å². The van der Waals surface area contributed by atoms with Gasteiger partial charge in [-0.15, -0.1) is 0 Å². The van der Waals surface area contributed by atoms with E-state index >= 15 is 0 Å². The van der Waals surface area contributed by atoms with Crippen LogP contribution < -0.4 is 15.9 Å². The average Bonchev–Trinajstić information content (AvgIpc) is 3.52. The minimum atomic E-state index is -0.0824. The van der Waals surface area contributed by atoms with Crippen molar-refractivity contribution < 1.29 is 0 Å². The van der Waals surface area contributed by atoms with Crippen molar-refractivity contribution in [2.75, 3.05) is 0 Å². The second-order valence-electron chi connectivity index (χ2n) is 10.1. The molecule has 7 nitrogen and oxygen atoms in total. The van der Waals surface area contributed by atoms with Gasteiger partial charge in [-0.1, -0.05) is 52.7 Å². The number of allylic oxidation sites excluding steroid dienone is 7. The molecule has 3 N–H and O–H groups in total. The molecule has 0 aliphatic rings. The summed E-state index contributed by atoms with van der Waals surface area (Å²) in [6, 6.07) is 5.89. The fourth-order valence-electron chi connectivity index (χ4n) is 4.02. The first-order valence-electron chi connectivity index (χ1n) is 12.8. The molecule has 198 valence electrons. The van der Waals surface area contributed by atoms with Crippen LogP contribution in [0.5, 0.6) is 0 Å². The number of imidazole rings is 1. The largest absolute Gasteiger partial charge is 0.359 e. The molecule has 0 saturated carbocycles. The van der Waals surface area contributed by atoms with E-state index in [-0.39, 0.29) is 5.41 Å². The Morgan fingerprint density at radius 2 is 1.74 bits per heavy atom. The maximum atomic E-state index is 4.77. The van der Waals surface area contributed by atoms with E-state index in [0.717, 1.165) is 44.4 Å². The molecular formula is C32H35N7. The molecule has 4 rings (SSSR count). The summed E-state index contributed by atoms with van der Waals surface area (Å²) in [4.78, 5) is 16.8. The minimum absolute atomic E-state index is 0.0824. The Bertz CT molecular complexity index is 1720. The van der Waals surface area contributed by atoms with Gasteiger partial charge in [0.05, 0.1) is 10.9 Å². The van der Waals surface area contributed by atoms with Crippen molar-refractivity contribution in [3.8, 4) is 22.6 Å². The molecule has 0 bridgehead atoms. The lowest BCUT2D eigenvalue weighted by Crippen LogP contribution is -2.23. The van der Waals surface area contributed by atoms with Crippen LogP contribution in [0.1, 0.15) is 34.6 Å². The predicted molar refractivity (Wildman–Crippen MR) is 161 cm³/mol. The number of pyridine rings is 2. The van der Waals surface area contributed by atoms with E-state index in [1.165, 1.54) is 0 Å². The lowest BCUT2D eigenvalue weighted by molar-refractivity contribution is 0.478. The number of H-pyrrole nitrogens is 2. The van der Waals surface area contributed by atoms with Gasteiger partial charge in [0.25, 0.3) is 0 Å². The quantitative estimate of drug-likeness (QED) is 0.260. The predicted octanol–water partition coefficient (Wildman–Crippen LogP) is 5.71. The number of nitrogens with zero attached hydrogens (tertiary/aromatic N) is 4. The number of hydrogen-bond acceptors (Lipinski definition) is 5. The van der Waals surface area contributed by atoms with Crippen molar-refractivity contribution >= 4 is 23.8 Å². The SMILES string of the molecule is C=C\C(=C/C(=C\C)C(/C=c1/c(-c2nc3nccc(-c4ccncc4)c3[nH]2)n[nH]c1=C)=C/C)NC(=C)C(C)(C)C. The van der Waals surface area contributed by atoms with Crippen molar-refractivity contribution in [3.63, 3.8) is 0 Å². The summed E-state index contributed by atoms with van der Waals surface area (Å²) in [7, 11) is 0. The highest BCUT2D eigenvalue weighted by molar-refractivity contribution is 5.91. The average molecular weight is 518 g/mol. The number of aromatic amines is 2. The Hall–Kier alpha value is -4.78. The smallest absolute Gasteiger partial charge is 0.178 e. The van der Waals surface area contributed by atoms with E-state index in [0.29, 0.717) is 22.5 Å². The van der Waals surface area contributed by atoms with Gasteiger partial charge in [0.1, 0.15) is 5.69 Å². The normalized spacial score (nSPS) is 13.7. The molecule has 0 spiro atoms. The van der Waals surface area contributed by atoms with Gasteiger partial charge in [-0.25, -0.2) is 9.97 Å². The number of rotatable bonds is 8. The van der Waals surface area contributed by atoms with Gasteiger partial charge in [-0.2, -0.15) is 5.10 Å². The molecule has 0 atom stereocenters. The summed E-state index contributed by atoms with van der Waals surface area (Å²) in [5.74, 6) is 0.611. The Kier molecular flexibility index (Phi) is 7.91. The van der Waals surface area contributed by atoms with Gasteiger partial charge in [0.2, 0.25) is 0 Å². The number of nitrogens with one attached hydrogen (secondary N) is 3. The van der Waals surface area contributed by atoms with Gasteiger partial charge >= 0.3 is 0 Å². The monoisotopic (exact) mass is 517 g/mol. The molecule has 0 radical (unpaired) electrons. The number of aromatic nitrogens is 6. The molecule has 7 heteroatoms. The highest BCUT2D eigenvalue weighted by Gasteiger charge is 2.16. The van der Waals surface area contributed by atoms with Gasteiger partial charge < -0.3 is 10.3 Å². The fourth-order valence-corrected chi connectivity index (χ4v) is 4.02. The Balaban J connectivity index is 1.77. The minimum Gasteiger partial charge on any atom is -0.359 e. The molecule has 0 unspecified atom stereocenters. The standard InChI is InChI=1S/C32H35N7/c1-9-22(18-25(11-3)35-21(5)32(6,7)8)23(10-2)19-27-20(4)38-39-29(27)31-36-28-26(14-17-34-30(28)37-31)24-12-15-33-16-13-24/h9-19,35,38H,3-5H2,1-2,6-8H3,(H,34,36,37)/b22-9+,23-10+,25-18+,27-19+. The summed E-state index contributed by atoms with van der Waals surface area (Å²) in [6.07, 6.45) is 15.3. The molecule has 39 heavy (non-hydrogen) atoms. The van der Waals surface area contributed by atoms with Crippen molar-refractivity contribution in [2.24, 2.45) is 5.41 Å². The van der Waals surface area contributed by atoms with Gasteiger partial charge in [-0.05, 0) is 67.0 Å². The third-order valence-electron chi connectivity index (χ3n) is 6.48. The summed E-state index contributed by atoms with van der Waals surface area (Å²) >= 11 is 0. The van der Waals surface area contributed by atoms with Gasteiger partial charge in [0, 0.05) is 46.2 Å². The summed E-state index contributed by atoms with van der Waals surface area (Å²) < 4.78 is 0. The van der Waals surface area contributed by atoms with Crippen molar-refractivity contribution in [1.29, 1.82) is 0 Å². The zero-order valence-electron chi connectivity index (χ0n) is 23.3. The lowest BCUT2D eigenvalue weighted by atomic mass is 9.92. The molecule has 4 aromatic heterocycles. The molecule has 4 heterocycles. The molecule has 0 amide bonds. The van der Waals surface area contributed by atoms with E-state index < -0.39 is 0 Å². The maximum absolute atomic E-state index is 4.77. The number of hydrogen-bond donors (Lipinski definition) is 3. The Morgan fingerprint density at radius 3 is 2.38 bits per heavy atom. The van der Waals surface area contributed by atoms with Gasteiger partial charge in [-0.3, -0.25) is 10.1 Å². The van der Waals surface area contributed by atoms with Crippen LogP contribution in [0.3, 0.4) is 0 Å².